The number of aliphatic carboxylic acids is 1. The maximum absolute atomic E-state index is 10.8. The summed E-state index contributed by atoms with van der Waals surface area (Å²) in [6, 6.07) is 0. The molecule has 0 amide bonds. The summed E-state index contributed by atoms with van der Waals surface area (Å²) in [5, 5.41) is 13.3. The first-order chi connectivity index (χ1) is 9.30. The molecule has 1 fully saturated rings. The van der Waals surface area contributed by atoms with Crippen LogP contribution < -0.4 is 4.90 Å². The van der Waals surface area contributed by atoms with Crippen molar-refractivity contribution in [3.8, 4) is 0 Å². The molecule has 0 bridgehead atoms. The molecule has 1 aliphatic rings. The predicted octanol–water partition coefficient (Wildman–Crippen LogP) is 2.45. The minimum absolute atomic E-state index is 0.282. The lowest BCUT2D eigenvalue weighted by Gasteiger charge is -2.39. The van der Waals surface area contributed by atoms with Crippen molar-refractivity contribution in [2.75, 3.05) is 18.0 Å². The van der Waals surface area contributed by atoms with Crippen LogP contribution in [0.25, 0.3) is 6.08 Å². The average Bonchev–Trinajstić information content (AvgIpc) is 2.59. The predicted molar refractivity (Wildman–Crippen MR) is 79.8 cm³/mol. The fourth-order valence-electron chi connectivity index (χ4n) is 2.99. The van der Waals surface area contributed by atoms with Crippen LogP contribution in [0.1, 0.15) is 37.9 Å². The largest absolute Gasteiger partial charge is 0.478 e. The zero-order valence-electron chi connectivity index (χ0n) is 12.7. The number of hydrogen-bond acceptors (Lipinski definition) is 3. The van der Waals surface area contributed by atoms with Crippen LogP contribution in [0.2, 0.25) is 0 Å². The van der Waals surface area contributed by atoms with Crippen molar-refractivity contribution >= 4 is 17.9 Å². The number of carbonyl (C=O) groups is 1. The fraction of sp³-hybridized carbons (Fsp3) is 0.600. The minimum Gasteiger partial charge on any atom is -0.478 e. The highest BCUT2D eigenvalue weighted by Gasteiger charge is 2.29. The molecule has 1 aromatic rings. The maximum Gasteiger partial charge on any atom is 0.328 e. The molecule has 20 heavy (non-hydrogen) atoms. The molecular weight excluding hydrogens is 254 g/mol. The topological polar surface area (TPSA) is 58.4 Å². The summed E-state index contributed by atoms with van der Waals surface area (Å²) in [5.74, 6) is 0.0888. The molecule has 2 heterocycles. The van der Waals surface area contributed by atoms with Crippen LogP contribution in [-0.4, -0.2) is 33.9 Å². The SMILES string of the molecule is Cc1nn(C)c(N2CCCC(C)(C)C2)c1C=CC(=O)O. The van der Waals surface area contributed by atoms with Gasteiger partial charge in [-0.15, -0.1) is 0 Å². The van der Waals surface area contributed by atoms with E-state index < -0.39 is 5.97 Å². The Morgan fingerprint density at radius 3 is 2.75 bits per heavy atom. The lowest BCUT2D eigenvalue weighted by Crippen LogP contribution is -2.41. The van der Waals surface area contributed by atoms with E-state index in [4.69, 9.17) is 5.11 Å². The summed E-state index contributed by atoms with van der Waals surface area (Å²) < 4.78 is 1.86. The van der Waals surface area contributed by atoms with E-state index in [1.165, 1.54) is 12.5 Å². The van der Waals surface area contributed by atoms with Gasteiger partial charge in [0.05, 0.1) is 5.69 Å². The molecule has 0 radical (unpaired) electrons. The lowest BCUT2D eigenvalue weighted by atomic mass is 9.84. The van der Waals surface area contributed by atoms with Crippen LogP contribution in [0.3, 0.4) is 0 Å². The zero-order chi connectivity index (χ0) is 14.9. The minimum atomic E-state index is -0.932. The molecule has 0 saturated carbocycles. The first-order valence-corrected chi connectivity index (χ1v) is 7.00. The van der Waals surface area contributed by atoms with Gasteiger partial charge in [-0.2, -0.15) is 5.10 Å². The zero-order valence-corrected chi connectivity index (χ0v) is 12.7. The molecule has 0 unspecified atom stereocenters. The number of carboxylic acid groups (broad SMARTS) is 1. The molecule has 5 nitrogen and oxygen atoms in total. The van der Waals surface area contributed by atoms with Crippen molar-refractivity contribution in [1.29, 1.82) is 0 Å². The Morgan fingerprint density at radius 2 is 2.15 bits per heavy atom. The van der Waals surface area contributed by atoms with E-state index in [2.05, 4.69) is 23.8 Å². The second-order valence-electron chi connectivity index (χ2n) is 6.31. The van der Waals surface area contributed by atoms with E-state index >= 15 is 0 Å². The Hall–Kier alpha value is -1.78. The molecule has 5 heteroatoms. The van der Waals surface area contributed by atoms with Crippen LogP contribution in [0.4, 0.5) is 5.82 Å². The molecule has 0 spiro atoms. The number of aryl methyl sites for hydroxylation is 2. The Bertz CT molecular complexity index is 544. The summed E-state index contributed by atoms with van der Waals surface area (Å²) in [4.78, 5) is 13.1. The van der Waals surface area contributed by atoms with E-state index in [1.807, 2.05) is 18.7 Å². The first-order valence-electron chi connectivity index (χ1n) is 7.00. The highest BCUT2D eigenvalue weighted by atomic mass is 16.4. The van der Waals surface area contributed by atoms with Crippen LogP contribution in [0, 0.1) is 12.3 Å². The Labute approximate surface area is 119 Å². The second-order valence-corrected chi connectivity index (χ2v) is 6.31. The first kappa shape index (κ1) is 14.6. The van der Waals surface area contributed by atoms with Crippen LogP contribution in [0.5, 0.6) is 0 Å². The highest BCUT2D eigenvalue weighted by Crippen LogP contribution is 2.34. The monoisotopic (exact) mass is 277 g/mol. The van der Waals surface area contributed by atoms with Gasteiger partial charge in [-0.25, -0.2) is 4.79 Å². The summed E-state index contributed by atoms with van der Waals surface area (Å²) in [6.45, 7) is 8.43. The number of piperidine rings is 1. The quantitative estimate of drug-likeness (QED) is 0.862. The molecule has 0 aromatic carbocycles. The van der Waals surface area contributed by atoms with Crippen molar-refractivity contribution < 1.29 is 9.90 Å². The van der Waals surface area contributed by atoms with Gasteiger partial charge in [0.2, 0.25) is 0 Å². The van der Waals surface area contributed by atoms with E-state index in [9.17, 15) is 4.79 Å². The molecule has 2 rings (SSSR count). The third kappa shape index (κ3) is 3.03. The van der Waals surface area contributed by atoms with Gasteiger partial charge in [0.15, 0.2) is 0 Å². The number of carboxylic acids is 1. The van der Waals surface area contributed by atoms with Crippen molar-refractivity contribution in [1.82, 2.24) is 9.78 Å². The number of rotatable bonds is 3. The van der Waals surface area contributed by atoms with Gasteiger partial charge in [0, 0.05) is 31.8 Å². The molecule has 1 aliphatic heterocycles. The second kappa shape index (κ2) is 5.31. The molecule has 0 aliphatic carbocycles. The molecule has 0 atom stereocenters. The molecule has 110 valence electrons. The summed E-state index contributed by atoms with van der Waals surface area (Å²) in [5.41, 5.74) is 2.06. The van der Waals surface area contributed by atoms with E-state index in [1.54, 1.807) is 6.08 Å². The van der Waals surface area contributed by atoms with Gasteiger partial charge >= 0.3 is 5.97 Å². The number of anilines is 1. The van der Waals surface area contributed by atoms with Gasteiger partial charge < -0.3 is 10.0 Å². The van der Waals surface area contributed by atoms with Gasteiger partial charge in [0.1, 0.15) is 5.82 Å². The van der Waals surface area contributed by atoms with Gasteiger partial charge in [-0.05, 0) is 31.3 Å². The molecule has 1 N–H and O–H groups in total. The van der Waals surface area contributed by atoms with Crippen molar-refractivity contribution in [3.05, 3.63) is 17.3 Å². The third-order valence-corrected chi connectivity index (χ3v) is 3.83. The molecular formula is C15H23N3O2. The third-order valence-electron chi connectivity index (χ3n) is 3.83. The summed E-state index contributed by atoms with van der Waals surface area (Å²) in [7, 11) is 1.92. The Kier molecular flexibility index (Phi) is 3.88. The summed E-state index contributed by atoms with van der Waals surface area (Å²) in [6.07, 6.45) is 5.21. The van der Waals surface area contributed by atoms with Crippen LogP contribution in [0.15, 0.2) is 6.08 Å². The normalized spacial score (nSPS) is 18.7. The summed E-state index contributed by atoms with van der Waals surface area (Å²) >= 11 is 0. The van der Waals surface area contributed by atoms with Crippen LogP contribution in [-0.2, 0) is 11.8 Å². The fourth-order valence-corrected chi connectivity index (χ4v) is 2.99. The number of hydrogen-bond donors (Lipinski definition) is 1. The van der Waals surface area contributed by atoms with Gasteiger partial charge in [-0.1, -0.05) is 13.8 Å². The smallest absolute Gasteiger partial charge is 0.328 e. The maximum atomic E-state index is 10.8. The van der Waals surface area contributed by atoms with E-state index in [0.29, 0.717) is 0 Å². The van der Waals surface area contributed by atoms with E-state index in [-0.39, 0.29) is 5.41 Å². The van der Waals surface area contributed by atoms with Crippen molar-refractivity contribution in [2.45, 2.75) is 33.6 Å². The van der Waals surface area contributed by atoms with Gasteiger partial charge in [-0.3, -0.25) is 4.68 Å². The highest BCUT2D eigenvalue weighted by molar-refractivity contribution is 5.87. The number of aromatic nitrogens is 2. The van der Waals surface area contributed by atoms with Crippen LogP contribution >= 0.6 is 0 Å². The van der Waals surface area contributed by atoms with E-state index in [0.717, 1.165) is 36.6 Å². The average molecular weight is 277 g/mol. The van der Waals surface area contributed by atoms with Crippen molar-refractivity contribution in [3.63, 3.8) is 0 Å². The Morgan fingerprint density at radius 1 is 1.45 bits per heavy atom. The molecule has 1 aromatic heterocycles. The Balaban J connectivity index is 2.38. The van der Waals surface area contributed by atoms with Gasteiger partial charge in [0.25, 0.3) is 0 Å². The standard InChI is InChI=1S/C15H23N3O2/c1-11-12(6-7-13(19)20)14(17(4)16-11)18-9-5-8-15(2,3)10-18/h6-7H,5,8-10H2,1-4H3,(H,19,20). The number of nitrogens with zero attached hydrogens (tertiary/aromatic N) is 3. The van der Waals surface area contributed by atoms with Crippen molar-refractivity contribution in [2.24, 2.45) is 12.5 Å². The lowest BCUT2D eigenvalue weighted by molar-refractivity contribution is -0.131. The molecule has 1 saturated heterocycles.